The van der Waals surface area contributed by atoms with Crippen LogP contribution in [0.1, 0.15) is 15.9 Å². The van der Waals surface area contributed by atoms with Gasteiger partial charge in [-0.3, -0.25) is 4.98 Å². The van der Waals surface area contributed by atoms with Gasteiger partial charge < -0.3 is 15.5 Å². The normalized spacial score (nSPS) is 10.2. The SMILES string of the molecule is O=C(O)c1cnc(=O)[nH]c1NCc1ccc(O)c(Cl)c1. The summed E-state index contributed by atoms with van der Waals surface area (Å²) in [6.45, 7) is 0.222. The molecule has 0 aliphatic heterocycles. The number of benzene rings is 1. The molecule has 2 aromatic rings. The Balaban J connectivity index is 2.22. The van der Waals surface area contributed by atoms with E-state index in [0.29, 0.717) is 5.56 Å². The summed E-state index contributed by atoms with van der Waals surface area (Å²) in [5.74, 6) is -1.19. The predicted octanol–water partition coefficient (Wildman–Crippen LogP) is 1.44. The molecule has 7 nitrogen and oxygen atoms in total. The van der Waals surface area contributed by atoms with E-state index in [-0.39, 0.29) is 28.7 Å². The lowest BCUT2D eigenvalue weighted by Gasteiger charge is -2.09. The monoisotopic (exact) mass is 295 g/mol. The van der Waals surface area contributed by atoms with Gasteiger partial charge in [0.1, 0.15) is 17.1 Å². The Labute approximate surface area is 117 Å². The van der Waals surface area contributed by atoms with Gasteiger partial charge in [-0.1, -0.05) is 17.7 Å². The Morgan fingerprint density at radius 1 is 1.45 bits per heavy atom. The molecule has 0 spiro atoms. The highest BCUT2D eigenvalue weighted by Crippen LogP contribution is 2.24. The molecule has 0 saturated carbocycles. The largest absolute Gasteiger partial charge is 0.506 e. The second kappa shape index (κ2) is 5.62. The fourth-order valence-corrected chi connectivity index (χ4v) is 1.75. The van der Waals surface area contributed by atoms with E-state index < -0.39 is 11.7 Å². The number of phenols is 1. The second-order valence-corrected chi connectivity index (χ2v) is 4.33. The minimum absolute atomic E-state index is 0.0426. The van der Waals surface area contributed by atoms with E-state index in [0.717, 1.165) is 6.20 Å². The van der Waals surface area contributed by atoms with Crippen LogP contribution < -0.4 is 11.0 Å². The molecule has 0 unspecified atom stereocenters. The van der Waals surface area contributed by atoms with Gasteiger partial charge in [0.05, 0.1) is 11.2 Å². The second-order valence-electron chi connectivity index (χ2n) is 3.92. The van der Waals surface area contributed by atoms with E-state index >= 15 is 0 Å². The molecule has 8 heteroatoms. The van der Waals surface area contributed by atoms with Crippen molar-refractivity contribution in [3.05, 3.63) is 51.0 Å². The maximum absolute atomic E-state index is 11.1. The zero-order valence-electron chi connectivity index (χ0n) is 10.1. The van der Waals surface area contributed by atoms with Crippen molar-refractivity contribution < 1.29 is 15.0 Å². The van der Waals surface area contributed by atoms with Gasteiger partial charge in [0, 0.05) is 6.54 Å². The van der Waals surface area contributed by atoms with E-state index in [2.05, 4.69) is 15.3 Å². The molecule has 2 rings (SSSR count). The first kappa shape index (κ1) is 13.9. The third-order valence-electron chi connectivity index (χ3n) is 2.52. The summed E-state index contributed by atoms with van der Waals surface area (Å²) in [5.41, 5.74) is -0.0856. The lowest BCUT2D eigenvalue weighted by Crippen LogP contribution is -2.17. The van der Waals surface area contributed by atoms with Crippen molar-refractivity contribution in [3.8, 4) is 5.75 Å². The van der Waals surface area contributed by atoms with Crippen LogP contribution in [0.5, 0.6) is 5.75 Å². The van der Waals surface area contributed by atoms with Gasteiger partial charge >= 0.3 is 11.7 Å². The third-order valence-corrected chi connectivity index (χ3v) is 2.83. The van der Waals surface area contributed by atoms with Gasteiger partial charge in [-0.05, 0) is 17.7 Å². The average Bonchev–Trinajstić information content (AvgIpc) is 2.40. The van der Waals surface area contributed by atoms with Crippen LogP contribution in [0.2, 0.25) is 5.02 Å². The fourth-order valence-electron chi connectivity index (χ4n) is 1.55. The van der Waals surface area contributed by atoms with Crippen LogP contribution in [0.25, 0.3) is 0 Å². The number of phenolic OH excluding ortho intramolecular Hbond substituents is 1. The number of aromatic carboxylic acids is 1. The highest BCUT2D eigenvalue weighted by atomic mass is 35.5. The highest BCUT2D eigenvalue weighted by Gasteiger charge is 2.11. The summed E-state index contributed by atoms with van der Waals surface area (Å²) in [5, 5.41) is 21.2. The minimum Gasteiger partial charge on any atom is -0.506 e. The number of rotatable bonds is 4. The Morgan fingerprint density at radius 2 is 2.20 bits per heavy atom. The number of carboxylic acid groups (broad SMARTS) is 1. The Bertz CT molecular complexity index is 714. The number of halogens is 1. The molecular formula is C12H10ClN3O4. The Morgan fingerprint density at radius 3 is 2.85 bits per heavy atom. The number of aromatic hydroxyl groups is 1. The van der Waals surface area contributed by atoms with Crippen molar-refractivity contribution in [2.45, 2.75) is 6.54 Å². The van der Waals surface area contributed by atoms with E-state index in [1.165, 1.54) is 12.1 Å². The van der Waals surface area contributed by atoms with Gasteiger partial charge in [-0.25, -0.2) is 14.6 Å². The van der Waals surface area contributed by atoms with Crippen molar-refractivity contribution in [2.75, 3.05) is 5.32 Å². The van der Waals surface area contributed by atoms with E-state index in [4.69, 9.17) is 16.7 Å². The third kappa shape index (κ3) is 3.07. The molecule has 1 aromatic heterocycles. The van der Waals surface area contributed by atoms with Crippen LogP contribution in [0, 0.1) is 0 Å². The van der Waals surface area contributed by atoms with Gasteiger partial charge in [0.2, 0.25) is 0 Å². The van der Waals surface area contributed by atoms with Crippen molar-refractivity contribution in [2.24, 2.45) is 0 Å². The number of hydrogen-bond donors (Lipinski definition) is 4. The van der Waals surface area contributed by atoms with Gasteiger partial charge in [0.15, 0.2) is 0 Å². The van der Waals surface area contributed by atoms with Crippen LogP contribution in [0.15, 0.2) is 29.2 Å². The maximum Gasteiger partial charge on any atom is 0.346 e. The summed E-state index contributed by atoms with van der Waals surface area (Å²) >= 11 is 5.76. The molecule has 0 radical (unpaired) electrons. The van der Waals surface area contributed by atoms with Crippen molar-refractivity contribution in [1.82, 2.24) is 9.97 Å². The number of aromatic amines is 1. The lowest BCUT2D eigenvalue weighted by molar-refractivity contribution is 0.0697. The van der Waals surface area contributed by atoms with Crippen LogP contribution >= 0.6 is 11.6 Å². The smallest absolute Gasteiger partial charge is 0.346 e. The summed E-state index contributed by atoms with van der Waals surface area (Å²) in [4.78, 5) is 27.8. The number of hydrogen-bond acceptors (Lipinski definition) is 5. The number of nitrogens with one attached hydrogen (secondary N) is 2. The number of carbonyl (C=O) groups is 1. The summed E-state index contributed by atoms with van der Waals surface area (Å²) in [6, 6.07) is 4.57. The first-order valence-corrected chi connectivity index (χ1v) is 5.89. The number of nitrogens with zero attached hydrogens (tertiary/aromatic N) is 1. The molecule has 0 atom stereocenters. The number of carboxylic acids is 1. The molecule has 0 saturated heterocycles. The first-order valence-electron chi connectivity index (χ1n) is 5.51. The average molecular weight is 296 g/mol. The molecule has 4 N–H and O–H groups in total. The molecule has 0 bridgehead atoms. The van der Waals surface area contributed by atoms with Crippen molar-refractivity contribution in [1.29, 1.82) is 0 Å². The van der Waals surface area contributed by atoms with Crippen LogP contribution in [0.4, 0.5) is 5.82 Å². The standard InChI is InChI=1S/C12H10ClN3O4/c13-8-3-6(1-2-9(8)17)4-14-10-7(11(18)19)5-15-12(20)16-10/h1-3,5,17H,4H2,(H,18,19)(H2,14,15,16,20). The van der Waals surface area contributed by atoms with Gasteiger partial charge in [-0.15, -0.1) is 0 Å². The first-order chi connectivity index (χ1) is 9.47. The van der Waals surface area contributed by atoms with Gasteiger partial charge in [-0.2, -0.15) is 0 Å². The maximum atomic E-state index is 11.1. The van der Waals surface area contributed by atoms with E-state index in [1.54, 1.807) is 6.07 Å². The van der Waals surface area contributed by atoms with Crippen molar-refractivity contribution in [3.63, 3.8) is 0 Å². The summed E-state index contributed by atoms with van der Waals surface area (Å²) < 4.78 is 0. The topological polar surface area (TPSA) is 115 Å². The Hall–Kier alpha value is -2.54. The molecule has 0 amide bonds. The Kier molecular flexibility index (Phi) is 3.90. The molecule has 1 heterocycles. The summed E-state index contributed by atoms with van der Waals surface area (Å²) in [6.07, 6.45) is 0.979. The molecule has 0 aliphatic rings. The zero-order chi connectivity index (χ0) is 14.7. The van der Waals surface area contributed by atoms with Crippen molar-refractivity contribution >= 4 is 23.4 Å². The van der Waals surface area contributed by atoms with Gasteiger partial charge in [0.25, 0.3) is 0 Å². The molecule has 1 aromatic carbocycles. The quantitative estimate of drug-likeness (QED) is 0.678. The zero-order valence-corrected chi connectivity index (χ0v) is 10.8. The van der Waals surface area contributed by atoms with E-state index in [9.17, 15) is 14.7 Å². The van der Waals surface area contributed by atoms with Crippen LogP contribution in [-0.4, -0.2) is 26.2 Å². The number of H-pyrrole nitrogens is 1. The number of aromatic nitrogens is 2. The lowest BCUT2D eigenvalue weighted by atomic mass is 10.2. The molecular weight excluding hydrogens is 286 g/mol. The molecule has 104 valence electrons. The minimum atomic E-state index is -1.21. The van der Waals surface area contributed by atoms with Crippen LogP contribution in [0.3, 0.4) is 0 Å². The molecule has 0 aliphatic carbocycles. The van der Waals surface area contributed by atoms with E-state index in [1.807, 2.05) is 0 Å². The summed E-state index contributed by atoms with van der Waals surface area (Å²) in [7, 11) is 0. The fraction of sp³-hybridized carbons (Fsp3) is 0.0833. The number of anilines is 1. The predicted molar refractivity (Wildman–Crippen MR) is 72.3 cm³/mol. The molecule has 0 fully saturated rings. The van der Waals surface area contributed by atoms with Crippen LogP contribution in [-0.2, 0) is 6.54 Å². The highest BCUT2D eigenvalue weighted by molar-refractivity contribution is 6.32. The molecule has 20 heavy (non-hydrogen) atoms.